The first kappa shape index (κ1) is 15.5. The lowest BCUT2D eigenvalue weighted by molar-refractivity contribution is -0.124. The molecule has 5 nitrogen and oxygen atoms in total. The van der Waals surface area contributed by atoms with Crippen LogP contribution < -0.4 is 0 Å². The van der Waals surface area contributed by atoms with Crippen LogP contribution in [0.3, 0.4) is 0 Å². The maximum Gasteiger partial charge on any atom is 0.159 e. The van der Waals surface area contributed by atoms with Crippen molar-refractivity contribution in [3.05, 3.63) is 0 Å². The fraction of sp³-hybridized carbons (Fsp3) is 0.786. The van der Waals surface area contributed by atoms with Gasteiger partial charge in [0, 0.05) is 36.8 Å². The topological polar surface area (TPSA) is 70.0 Å². The minimum absolute atomic E-state index is 0.0435. The van der Waals surface area contributed by atoms with E-state index in [0.717, 1.165) is 37.3 Å². The van der Waals surface area contributed by atoms with E-state index in [-0.39, 0.29) is 23.8 Å². The molecule has 1 N–H and O–H groups in total. The highest BCUT2D eigenvalue weighted by molar-refractivity contribution is 8.14. The normalized spacial score (nSPS) is 36.1. The van der Waals surface area contributed by atoms with Gasteiger partial charge in [0.15, 0.2) is 5.17 Å². The van der Waals surface area contributed by atoms with E-state index in [1.165, 1.54) is 0 Å². The molecule has 0 unspecified atom stereocenters. The largest absolute Gasteiger partial charge is 0.396 e. The predicted molar refractivity (Wildman–Crippen MR) is 79.8 cm³/mol. The molecule has 1 heterocycles. The van der Waals surface area contributed by atoms with Crippen LogP contribution in [0.1, 0.15) is 20.3 Å². The number of aldehydes is 2. The smallest absolute Gasteiger partial charge is 0.159 e. The number of nitrogens with zero attached hydrogens (tertiary/aromatic N) is 2. The van der Waals surface area contributed by atoms with Gasteiger partial charge in [0.2, 0.25) is 0 Å². The molecular formula is C14H22N2O3S. The summed E-state index contributed by atoms with van der Waals surface area (Å²) in [4.78, 5) is 29.6. The molecule has 0 aromatic heterocycles. The van der Waals surface area contributed by atoms with Crippen LogP contribution >= 0.6 is 11.8 Å². The molecule has 0 radical (unpaired) electrons. The molecule has 2 aliphatic rings. The van der Waals surface area contributed by atoms with Gasteiger partial charge in [-0.15, -0.1) is 0 Å². The molecule has 20 heavy (non-hydrogen) atoms. The number of amidine groups is 1. The number of carbonyl (C=O) groups is 2. The standard InChI is InChI=1S/C14H22N2O3S/c1-3-16(4-2)14-15-13-11(8-19)10(7-18)9(6-17)5-12(13)20-14/h7-13,17H,3-6H2,1-2H3/t9-,10+,11+,12-,13+/m0/s1. The molecule has 0 spiro atoms. The maximum atomic E-state index is 11.4. The lowest BCUT2D eigenvalue weighted by atomic mass is 9.71. The second-order valence-electron chi connectivity index (χ2n) is 5.34. The number of rotatable bonds is 5. The van der Waals surface area contributed by atoms with Crippen molar-refractivity contribution in [1.29, 1.82) is 0 Å². The number of aliphatic hydroxyl groups excluding tert-OH is 1. The van der Waals surface area contributed by atoms with E-state index in [9.17, 15) is 14.7 Å². The number of aliphatic hydroxyl groups is 1. The zero-order valence-corrected chi connectivity index (χ0v) is 12.8. The molecule has 1 aliphatic heterocycles. The summed E-state index contributed by atoms with van der Waals surface area (Å²) in [5.41, 5.74) is 0. The maximum absolute atomic E-state index is 11.4. The van der Waals surface area contributed by atoms with Crippen molar-refractivity contribution in [1.82, 2.24) is 4.90 Å². The van der Waals surface area contributed by atoms with E-state index in [4.69, 9.17) is 4.99 Å². The molecule has 0 bridgehead atoms. The Morgan fingerprint density at radius 2 is 1.95 bits per heavy atom. The first-order valence-corrected chi connectivity index (χ1v) is 8.08. The molecule has 6 heteroatoms. The van der Waals surface area contributed by atoms with Gasteiger partial charge in [0.25, 0.3) is 0 Å². The third-order valence-corrected chi connectivity index (χ3v) is 5.75. The minimum atomic E-state index is -0.404. The fourth-order valence-corrected chi connectivity index (χ4v) is 4.77. The van der Waals surface area contributed by atoms with Crippen molar-refractivity contribution in [3.63, 3.8) is 0 Å². The zero-order valence-electron chi connectivity index (χ0n) is 11.9. The van der Waals surface area contributed by atoms with Gasteiger partial charge in [0.1, 0.15) is 12.6 Å². The number of carbonyl (C=O) groups excluding carboxylic acids is 2. The monoisotopic (exact) mass is 298 g/mol. The van der Waals surface area contributed by atoms with Gasteiger partial charge in [-0.05, 0) is 26.2 Å². The number of fused-ring (bicyclic) bond motifs is 1. The van der Waals surface area contributed by atoms with Crippen molar-refractivity contribution < 1.29 is 14.7 Å². The van der Waals surface area contributed by atoms with E-state index < -0.39 is 11.8 Å². The summed E-state index contributed by atoms with van der Waals surface area (Å²) in [6.07, 6.45) is 2.42. The van der Waals surface area contributed by atoms with Gasteiger partial charge in [0.05, 0.1) is 6.04 Å². The van der Waals surface area contributed by atoms with Gasteiger partial charge in [-0.2, -0.15) is 0 Å². The summed E-state index contributed by atoms with van der Waals surface area (Å²) in [6.45, 7) is 5.88. The molecule has 1 fully saturated rings. The Kier molecular flexibility index (Phi) is 5.21. The van der Waals surface area contributed by atoms with Crippen LogP contribution in [-0.2, 0) is 9.59 Å². The summed E-state index contributed by atoms with van der Waals surface area (Å²) in [5, 5.41) is 10.6. The number of aliphatic imine (C=N–C) groups is 1. The average molecular weight is 298 g/mol. The first-order chi connectivity index (χ1) is 9.69. The van der Waals surface area contributed by atoms with Crippen LogP contribution in [0.5, 0.6) is 0 Å². The molecule has 112 valence electrons. The Balaban J connectivity index is 2.24. The highest BCUT2D eigenvalue weighted by Crippen LogP contribution is 2.44. The van der Waals surface area contributed by atoms with E-state index in [1.54, 1.807) is 11.8 Å². The SMILES string of the molecule is CCN(CC)C1=N[C@@H]2[C@H](C=O)[C@H](C=O)[C@H](CO)C[C@@H]2S1. The third-order valence-electron chi connectivity index (χ3n) is 4.40. The number of thioether (sulfide) groups is 1. The average Bonchev–Trinajstić information content (AvgIpc) is 2.89. The third kappa shape index (κ3) is 2.63. The summed E-state index contributed by atoms with van der Waals surface area (Å²) in [7, 11) is 0. The second kappa shape index (κ2) is 6.72. The van der Waals surface area contributed by atoms with Gasteiger partial charge in [-0.25, -0.2) is 0 Å². The number of hydrogen-bond acceptors (Lipinski definition) is 6. The van der Waals surface area contributed by atoms with Crippen molar-refractivity contribution in [2.45, 2.75) is 31.6 Å². The van der Waals surface area contributed by atoms with Crippen molar-refractivity contribution in [2.75, 3.05) is 19.7 Å². The predicted octanol–water partition coefficient (Wildman–Crippen LogP) is 0.811. The second-order valence-corrected chi connectivity index (χ2v) is 6.54. The highest BCUT2D eigenvalue weighted by Gasteiger charge is 2.48. The molecule has 1 aliphatic carbocycles. The first-order valence-electron chi connectivity index (χ1n) is 7.20. The highest BCUT2D eigenvalue weighted by atomic mass is 32.2. The Labute approximate surface area is 123 Å². The van der Waals surface area contributed by atoms with Crippen molar-refractivity contribution in [3.8, 4) is 0 Å². The van der Waals surface area contributed by atoms with E-state index in [0.29, 0.717) is 0 Å². The molecule has 0 aromatic carbocycles. The molecule has 1 saturated carbocycles. The van der Waals surface area contributed by atoms with Crippen LogP contribution in [-0.4, -0.2) is 58.7 Å². The fourth-order valence-electron chi connectivity index (χ4n) is 3.18. The van der Waals surface area contributed by atoms with Gasteiger partial charge >= 0.3 is 0 Å². The Bertz CT molecular complexity index is 398. The van der Waals surface area contributed by atoms with Crippen LogP contribution in [0.25, 0.3) is 0 Å². The van der Waals surface area contributed by atoms with Crippen LogP contribution in [0.4, 0.5) is 0 Å². The molecular weight excluding hydrogens is 276 g/mol. The Morgan fingerprint density at radius 3 is 2.45 bits per heavy atom. The van der Waals surface area contributed by atoms with Gasteiger partial charge in [-0.1, -0.05) is 11.8 Å². The van der Waals surface area contributed by atoms with Crippen LogP contribution in [0.2, 0.25) is 0 Å². The number of hydrogen-bond donors (Lipinski definition) is 1. The zero-order chi connectivity index (χ0) is 14.7. The summed E-state index contributed by atoms with van der Waals surface area (Å²) in [6, 6.07) is -0.119. The lowest BCUT2D eigenvalue weighted by Gasteiger charge is -2.37. The Hall–Kier alpha value is -0.880. The van der Waals surface area contributed by atoms with Crippen molar-refractivity contribution in [2.24, 2.45) is 22.7 Å². The van der Waals surface area contributed by atoms with E-state index >= 15 is 0 Å². The summed E-state index contributed by atoms with van der Waals surface area (Å²) in [5.74, 6) is -0.925. The molecule has 0 aromatic rings. The Morgan fingerprint density at radius 1 is 1.30 bits per heavy atom. The van der Waals surface area contributed by atoms with Gasteiger partial charge < -0.3 is 19.6 Å². The minimum Gasteiger partial charge on any atom is -0.396 e. The summed E-state index contributed by atoms with van der Waals surface area (Å²) < 4.78 is 0. The van der Waals surface area contributed by atoms with Crippen LogP contribution in [0.15, 0.2) is 4.99 Å². The lowest BCUT2D eigenvalue weighted by Crippen LogP contribution is -2.45. The molecule has 0 amide bonds. The molecule has 0 saturated heterocycles. The summed E-state index contributed by atoms with van der Waals surface area (Å²) >= 11 is 1.69. The van der Waals surface area contributed by atoms with E-state index in [2.05, 4.69) is 18.7 Å². The van der Waals surface area contributed by atoms with Gasteiger partial charge in [-0.3, -0.25) is 4.99 Å². The molecule has 5 atom stereocenters. The molecule has 2 rings (SSSR count). The van der Waals surface area contributed by atoms with Crippen molar-refractivity contribution >= 4 is 29.5 Å². The van der Waals surface area contributed by atoms with E-state index in [1.807, 2.05) is 0 Å². The van der Waals surface area contributed by atoms with Crippen LogP contribution in [0, 0.1) is 17.8 Å². The quantitative estimate of drug-likeness (QED) is 0.761.